The Bertz CT molecular complexity index is 1080. The Morgan fingerprint density at radius 2 is 1.96 bits per heavy atom. The maximum atomic E-state index is 11.0. The number of H-pyrrole nitrogens is 1. The average molecular weight is 347 g/mol. The number of rotatable bonds is 4. The van der Waals surface area contributed by atoms with Crippen LogP contribution in [0.4, 0.5) is 4.79 Å². The molecule has 0 aliphatic rings. The summed E-state index contributed by atoms with van der Waals surface area (Å²) in [7, 11) is 0. The van der Waals surface area contributed by atoms with Crippen molar-refractivity contribution >= 4 is 17.1 Å². The molecule has 4 aromatic rings. The van der Waals surface area contributed by atoms with Gasteiger partial charge in [-0.2, -0.15) is 0 Å². The normalized spacial score (nSPS) is 11.0. The monoisotopic (exact) mass is 347 g/mol. The zero-order chi connectivity index (χ0) is 18.1. The zero-order valence-corrected chi connectivity index (χ0v) is 13.8. The number of nitrogens with one attached hydrogen (secondary N) is 1. The molecule has 7 heteroatoms. The van der Waals surface area contributed by atoms with Crippen LogP contribution in [-0.2, 0) is 6.54 Å². The number of benzene rings is 2. The highest BCUT2D eigenvalue weighted by molar-refractivity contribution is 5.87. The SMILES string of the molecule is NCc1ccn(-c2ccc(-c3nc4c(OC(N)=O)cccc4[nH]3)cc2)c1. The van der Waals surface area contributed by atoms with Gasteiger partial charge in [-0.15, -0.1) is 0 Å². The van der Waals surface area contributed by atoms with E-state index in [-0.39, 0.29) is 0 Å². The average Bonchev–Trinajstić information content (AvgIpc) is 3.29. The van der Waals surface area contributed by atoms with Crippen LogP contribution in [-0.4, -0.2) is 20.6 Å². The second-order valence-electron chi connectivity index (χ2n) is 5.84. The minimum absolute atomic E-state index is 0.329. The number of para-hydroxylation sites is 1. The summed E-state index contributed by atoms with van der Waals surface area (Å²) in [6, 6.07) is 15.2. The Balaban J connectivity index is 1.68. The van der Waals surface area contributed by atoms with Crippen LogP contribution in [0.3, 0.4) is 0 Å². The van der Waals surface area contributed by atoms with E-state index in [0.717, 1.165) is 22.3 Å². The summed E-state index contributed by atoms with van der Waals surface area (Å²) in [5.74, 6) is 1.01. The maximum absolute atomic E-state index is 11.0. The number of primary amides is 1. The number of hydrogen-bond acceptors (Lipinski definition) is 4. The molecule has 0 aliphatic heterocycles. The highest BCUT2D eigenvalue weighted by Gasteiger charge is 2.11. The van der Waals surface area contributed by atoms with Gasteiger partial charge in [-0.05, 0) is 48.0 Å². The van der Waals surface area contributed by atoms with Gasteiger partial charge in [0.05, 0.1) is 5.52 Å². The van der Waals surface area contributed by atoms with Gasteiger partial charge in [0.25, 0.3) is 0 Å². The van der Waals surface area contributed by atoms with E-state index < -0.39 is 6.09 Å². The van der Waals surface area contributed by atoms with Crippen molar-refractivity contribution in [1.29, 1.82) is 0 Å². The van der Waals surface area contributed by atoms with E-state index in [2.05, 4.69) is 9.97 Å². The predicted molar refractivity (Wildman–Crippen MR) is 99.0 cm³/mol. The van der Waals surface area contributed by atoms with Crippen molar-refractivity contribution in [3.63, 3.8) is 0 Å². The molecule has 26 heavy (non-hydrogen) atoms. The number of hydrogen-bond donors (Lipinski definition) is 3. The molecule has 7 nitrogen and oxygen atoms in total. The van der Waals surface area contributed by atoms with Crippen LogP contribution in [0.1, 0.15) is 5.56 Å². The maximum Gasteiger partial charge on any atom is 0.410 e. The molecule has 130 valence electrons. The number of ether oxygens (including phenoxy) is 1. The van der Waals surface area contributed by atoms with Crippen LogP contribution in [0.2, 0.25) is 0 Å². The third kappa shape index (κ3) is 2.91. The number of nitrogens with zero attached hydrogens (tertiary/aromatic N) is 2. The van der Waals surface area contributed by atoms with E-state index in [9.17, 15) is 4.79 Å². The second kappa shape index (κ2) is 6.38. The number of carbonyl (C=O) groups excluding carboxylic acids is 1. The number of nitrogens with two attached hydrogens (primary N) is 2. The molecule has 0 aliphatic carbocycles. The quantitative estimate of drug-likeness (QED) is 0.527. The Kier molecular flexibility index (Phi) is 3.91. The van der Waals surface area contributed by atoms with Crippen molar-refractivity contribution in [1.82, 2.24) is 14.5 Å². The first-order valence-electron chi connectivity index (χ1n) is 8.08. The number of imidazole rings is 1. The molecule has 2 aromatic heterocycles. The predicted octanol–water partition coefficient (Wildman–Crippen LogP) is 2.94. The fraction of sp³-hybridized carbons (Fsp3) is 0.0526. The lowest BCUT2D eigenvalue weighted by molar-refractivity contribution is 0.211. The topological polar surface area (TPSA) is 112 Å². The van der Waals surface area contributed by atoms with Crippen molar-refractivity contribution in [2.75, 3.05) is 0 Å². The molecule has 0 spiro atoms. The van der Waals surface area contributed by atoms with Crippen molar-refractivity contribution in [3.05, 3.63) is 66.5 Å². The van der Waals surface area contributed by atoms with Crippen molar-refractivity contribution < 1.29 is 9.53 Å². The fourth-order valence-corrected chi connectivity index (χ4v) is 2.85. The molecule has 1 amide bonds. The molecule has 2 aromatic carbocycles. The van der Waals surface area contributed by atoms with Gasteiger partial charge in [-0.3, -0.25) is 0 Å². The summed E-state index contributed by atoms with van der Waals surface area (Å²) in [5.41, 5.74) is 15.1. The van der Waals surface area contributed by atoms with E-state index >= 15 is 0 Å². The van der Waals surface area contributed by atoms with Gasteiger partial charge in [0.15, 0.2) is 5.75 Å². The molecule has 5 N–H and O–H groups in total. The van der Waals surface area contributed by atoms with E-state index in [0.29, 0.717) is 23.6 Å². The summed E-state index contributed by atoms with van der Waals surface area (Å²) in [4.78, 5) is 18.8. The third-order valence-electron chi connectivity index (χ3n) is 4.11. The van der Waals surface area contributed by atoms with E-state index in [1.807, 2.05) is 53.4 Å². The summed E-state index contributed by atoms with van der Waals surface area (Å²) >= 11 is 0. The summed E-state index contributed by atoms with van der Waals surface area (Å²) < 4.78 is 7.03. The fourth-order valence-electron chi connectivity index (χ4n) is 2.85. The van der Waals surface area contributed by atoms with E-state index in [1.54, 1.807) is 12.1 Å². The molecule has 0 atom stereocenters. The molecule has 0 radical (unpaired) electrons. The van der Waals surface area contributed by atoms with Crippen molar-refractivity contribution in [2.45, 2.75) is 6.54 Å². The Hall–Kier alpha value is -3.58. The van der Waals surface area contributed by atoms with Crippen LogP contribution in [0.5, 0.6) is 5.75 Å². The molecule has 0 saturated carbocycles. The lowest BCUT2D eigenvalue weighted by Gasteiger charge is -2.04. The van der Waals surface area contributed by atoms with Gasteiger partial charge in [-0.1, -0.05) is 6.07 Å². The Morgan fingerprint density at radius 3 is 2.65 bits per heavy atom. The zero-order valence-electron chi connectivity index (χ0n) is 13.8. The molecular formula is C19H17N5O2. The largest absolute Gasteiger partial charge is 0.410 e. The molecule has 0 fully saturated rings. The van der Waals surface area contributed by atoms with Crippen LogP contribution < -0.4 is 16.2 Å². The van der Waals surface area contributed by atoms with Gasteiger partial charge in [0.1, 0.15) is 11.3 Å². The molecule has 0 bridgehead atoms. The Morgan fingerprint density at radius 1 is 1.15 bits per heavy atom. The van der Waals surface area contributed by atoms with Crippen LogP contribution in [0, 0.1) is 0 Å². The molecule has 2 heterocycles. The highest BCUT2D eigenvalue weighted by Crippen LogP contribution is 2.27. The molecule has 4 rings (SSSR count). The summed E-state index contributed by atoms with van der Waals surface area (Å²) in [6.07, 6.45) is 3.12. The minimum atomic E-state index is -0.866. The Labute approximate surface area is 149 Å². The highest BCUT2D eigenvalue weighted by atomic mass is 16.5. The number of aromatic amines is 1. The van der Waals surface area contributed by atoms with E-state index in [1.165, 1.54) is 0 Å². The number of aromatic nitrogens is 3. The minimum Gasteiger partial charge on any atom is -0.408 e. The van der Waals surface area contributed by atoms with Crippen LogP contribution >= 0.6 is 0 Å². The lowest BCUT2D eigenvalue weighted by atomic mass is 10.2. The summed E-state index contributed by atoms with van der Waals surface area (Å²) in [5, 5.41) is 0. The van der Waals surface area contributed by atoms with Gasteiger partial charge >= 0.3 is 6.09 Å². The van der Waals surface area contributed by atoms with Gasteiger partial charge in [0, 0.05) is 30.2 Å². The van der Waals surface area contributed by atoms with Gasteiger partial charge < -0.3 is 25.8 Å². The van der Waals surface area contributed by atoms with Crippen molar-refractivity contribution in [3.8, 4) is 22.8 Å². The van der Waals surface area contributed by atoms with Crippen LogP contribution in [0.25, 0.3) is 28.1 Å². The van der Waals surface area contributed by atoms with Gasteiger partial charge in [-0.25, -0.2) is 9.78 Å². The smallest absolute Gasteiger partial charge is 0.408 e. The first kappa shape index (κ1) is 15.9. The first-order chi connectivity index (χ1) is 12.6. The molecular weight excluding hydrogens is 330 g/mol. The van der Waals surface area contributed by atoms with Gasteiger partial charge in [0.2, 0.25) is 0 Å². The number of carbonyl (C=O) groups is 1. The van der Waals surface area contributed by atoms with E-state index in [4.69, 9.17) is 16.2 Å². The lowest BCUT2D eigenvalue weighted by Crippen LogP contribution is -2.16. The first-order valence-corrected chi connectivity index (χ1v) is 8.08. The molecule has 0 unspecified atom stereocenters. The second-order valence-corrected chi connectivity index (χ2v) is 5.84. The van der Waals surface area contributed by atoms with Crippen molar-refractivity contribution in [2.24, 2.45) is 11.5 Å². The molecule has 0 saturated heterocycles. The number of fused-ring (bicyclic) bond motifs is 1. The van der Waals surface area contributed by atoms with Crippen LogP contribution in [0.15, 0.2) is 60.9 Å². The number of amides is 1. The third-order valence-corrected chi connectivity index (χ3v) is 4.11. The standard InChI is InChI=1S/C19H17N5O2/c20-10-12-8-9-24(11-12)14-6-4-13(5-7-14)18-22-15-2-1-3-16(17(15)23-18)26-19(21)25/h1-9,11H,10,20H2,(H2,21,25)(H,22,23). The summed E-state index contributed by atoms with van der Waals surface area (Å²) in [6.45, 7) is 0.514.